The second-order valence-electron chi connectivity index (χ2n) is 5.68. The van der Waals surface area contributed by atoms with Crippen molar-refractivity contribution in [2.24, 2.45) is 0 Å². The van der Waals surface area contributed by atoms with Crippen LogP contribution in [0, 0.1) is 0 Å². The molecule has 0 saturated carbocycles. The third kappa shape index (κ3) is 5.30. The van der Waals surface area contributed by atoms with Gasteiger partial charge in [-0.15, -0.1) is 0 Å². The van der Waals surface area contributed by atoms with E-state index in [2.05, 4.69) is 0 Å². The summed E-state index contributed by atoms with van der Waals surface area (Å²) in [6.07, 6.45) is -0.485. The van der Waals surface area contributed by atoms with Crippen LogP contribution in [0.2, 0.25) is 0 Å². The van der Waals surface area contributed by atoms with Crippen LogP contribution in [0.5, 0.6) is 0 Å². The second-order valence-corrected chi connectivity index (χ2v) is 5.68. The van der Waals surface area contributed by atoms with Crippen molar-refractivity contribution < 1.29 is 19.4 Å². The first kappa shape index (κ1) is 16.0. The first-order chi connectivity index (χ1) is 9.19. The Morgan fingerprint density at radius 3 is 2.25 bits per heavy atom. The molecule has 0 aliphatic rings. The Morgan fingerprint density at radius 1 is 1.20 bits per heavy atom. The van der Waals surface area contributed by atoms with E-state index >= 15 is 0 Å². The van der Waals surface area contributed by atoms with Crippen LogP contribution in [-0.2, 0) is 22.5 Å². The van der Waals surface area contributed by atoms with E-state index in [-0.39, 0.29) is 6.42 Å². The molecule has 0 heterocycles. The van der Waals surface area contributed by atoms with Gasteiger partial charge in [-0.25, -0.2) is 4.79 Å². The van der Waals surface area contributed by atoms with Crippen LogP contribution < -0.4 is 0 Å². The number of hydrogen-bond acceptors (Lipinski definition) is 3. The molecule has 0 spiro atoms. The maximum absolute atomic E-state index is 11.9. The molecule has 1 aromatic carbocycles. The average molecular weight is 279 g/mol. The Morgan fingerprint density at radius 2 is 1.75 bits per heavy atom. The van der Waals surface area contributed by atoms with E-state index < -0.39 is 17.7 Å². The van der Waals surface area contributed by atoms with E-state index in [0.29, 0.717) is 12.1 Å². The van der Waals surface area contributed by atoms with Gasteiger partial charge in [0.15, 0.2) is 0 Å². The summed E-state index contributed by atoms with van der Waals surface area (Å²) in [6, 6.07) is 7.18. The van der Waals surface area contributed by atoms with Crippen molar-refractivity contribution in [3.8, 4) is 0 Å². The van der Waals surface area contributed by atoms with Crippen LogP contribution in [0.4, 0.5) is 4.79 Å². The van der Waals surface area contributed by atoms with Gasteiger partial charge in [-0.2, -0.15) is 0 Å². The fourth-order valence-electron chi connectivity index (χ4n) is 1.71. The summed E-state index contributed by atoms with van der Waals surface area (Å²) in [5.41, 5.74) is 0.963. The maximum atomic E-state index is 11.9. The van der Waals surface area contributed by atoms with Crippen molar-refractivity contribution in [1.29, 1.82) is 0 Å². The van der Waals surface area contributed by atoms with Crippen LogP contribution in [0.1, 0.15) is 31.9 Å². The number of nitrogens with zero attached hydrogens (tertiary/aromatic N) is 1. The highest BCUT2D eigenvalue weighted by Crippen LogP contribution is 2.14. The van der Waals surface area contributed by atoms with Crippen LogP contribution in [0.25, 0.3) is 0 Å². The maximum Gasteiger partial charge on any atom is 0.410 e. The molecule has 0 radical (unpaired) electrons. The first-order valence-corrected chi connectivity index (χ1v) is 6.42. The lowest BCUT2D eigenvalue weighted by molar-refractivity contribution is -0.136. The van der Waals surface area contributed by atoms with Gasteiger partial charge < -0.3 is 14.7 Å². The van der Waals surface area contributed by atoms with Crippen molar-refractivity contribution in [2.75, 3.05) is 7.05 Å². The molecule has 1 N–H and O–H groups in total. The van der Waals surface area contributed by atoms with E-state index in [1.165, 1.54) is 4.90 Å². The van der Waals surface area contributed by atoms with Crippen LogP contribution >= 0.6 is 0 Å². The number of aliphatic carboxylic acids is 1. The number of rotatable bonds is 4. The Balaban J connectivity index is 2.77. The molecule has 1 amide bonds. The van der Waals surface area contributed by atoms with E-state index in [0.717, 1.165) is 5.56 Å². The molecule has 1 aromatic rings. The van der Waals surface area contributed by atoms with Gasteiger partial charge in [0.25, 0.3) is 0 Å². The molecule has 0 aliphatic heterocycles. The Labute approximate surface area is 119 Å². The second kappa shape index (κ2) is 6.41. The molecular weight excluding hydrogens is 258 g/mol. The zero-order chi connectivity index (χ0) is 15.3. The minimum atomic E-state index is -0.891. The minimum absolute atomic E-state index is 0.0572. The third-order valence-corrected chi connectivity index (χ3v) is 2.57. The van der Waals surface area contributed by atoms with Gasteiger partial charge in [-0.1, -0.05) is 24.3 Å². The molecule has 0 saturated heterocycles. The van der Waals surface area contributed by atoms with Gasteiger partial charge in [-0.05, 0) is 31.9 Å². The number of amides is 1. The van der Waals surface area contributed by atoms with E-state index in [1.807, 2.05) is 12.1 Å². The number of benzene rings is 1. The number of hydrogen-bond donors (Lipinski definition) is 1. The number of carbonyl (C=O) groups is 2. The van der Waals surface area contributed by atoms with Crippen molar-refractivity contribution in [3.05, 3.63) is 35.4 Å². The topological polar surface area (TPSA) is 66.8 Å². The molecule has 110 valence electrons. The zero-order valence-electron chi connectivity index (χ0n) is 12.3. The molecule has 5 nitrogen and oxygen atoms in total. The molecule has 20 heavy (non-hydrogen) atoms. The predicted molar refractivity (Wildman–Crippen MR) is 75.5 cm³/mol. The van der Waals surface area contributed by atoms with Gasteiger partial charge in [0.1, 0.15) is 5.60 Å². The molecule has 1 rings (SSSR count). The summed E-state index contributed by atoms with van der Waals surface area (Å²) in [5, 5.41) is 8.88. The normalized spacial score (nSPS) is 11.0. The van der Waals surface area contributed by atoms with Crippen LogP contribution in [0.3, 0.4) is 0 Å². The van der Waals surface area contributed by atoms with Gasteiger partial charge in [0.05, 0.1) is 6.42 Å². The summed E-state index contributed by atoms with van der Waals surface area (Å²) < 4.78 is 5.26. The Hall–Kier alpha value is -2.04. The number of carbonyl (C=O) groups excluding carboxylic acids is 1. The predicted octanol–water partition coefficient (Wildman–Crippen LogP) is 2.68. The molecule has 0 unspecified atom stereocenters. The molecule has 0 aliphatic carbocycles. The lowest BCUT2D eigenvalue weighted by Crippen LogP contribution is -2.34. The van der Waals surface area contributed by atoms with Gasteiger partial charge in [0.2, 0.25) is 0 Å². The standard InChI is InChI=1S/C15H21NO4/c1-15(2,3)20-14(19)16(4)10-12-8-6-5-7-11(12)9-13(17)18/h5-8H,9-10H2,1-4H3,(H,17,18). The summed E-state index contributed by atoms with van der Waals surface area (Å²) in [7, 11) is 1.63. The Kier molecular flexibility index (Phi) is 5.13. The summed E-state index contributed by atoms with van der Waals surface area (Å²) in [5.74, 6) is -0.891. The van der Waals surface area contributed by atoms with Gasteiger partial charge >= 0.3 is 12.1 Å². The molecule has 0 bridgehead atoms. The monoisotopic (exact) mass is 279 g/mol. The lowest BCUT2D eigenvalue weighted by atomic mass is 10.0. The number of carboxylic acid groups (broad SMARTS) is 1. The van der Waals surface area contributed by atoms with Crippen LogP contribution in [-0.4, -0.2) is 34.7 Å². The minimum Gasteiger partial charge on any atom is -0.481 e. The largest absolute Gasteiger partial charge is 0.481 e. The highest BCUT2D eigenvalue weighted by atomic mass is 16.6. The molecule has 0 aromatic heterocycles. The fourth-order valence-corrected chi connectivity index (χ4v) is 1.71. The first-order valence-electron chi connectivity index (χ1n) is 6.42. The van der Waals surface area contributed by atoms with Crippen molar-refractivity contribution in [1.82, 2.24) is 4.90 Å². The summed E-state index contributed by atoms with van der Waals surface area (Å²) >= 11 is 0. The summed E-state index contributed by atoms with van der Waals surface area (Å²) in [4.78, 5) is 24.1. The summed E-state index contributed by atoms with van der Waals surface area (Å²) in [6.45, 7) is 5.73. The van der Waals surface area contributed by atoms with Crippen molar-refractivity contribution in [2.45, 2.75) is 39.3 Å². The molecule has 0 fully saturated rings. The van der Waals surface area contributed by atoms with Gasteiger partial charge in [-0.3, -0.25) is 4.79 Å². The van der Waals surface area contributed by atoms with E-state index in [4.69, 9.17) is 9.84 Å². The van der Waals surface area contributed by atoms with Crippen molar-refractivity contribution in [3.63, 3.8) is 0 Å². The van der Waals surface area contributed by atoms with Gasteiger partial charge in [0, 0.05) is 13.6 Å². The zero-order valence-corrected chi connectivity index (χ0v) is 12.3. The van der Waals surface area contributed by atoms with Crippen molar-refractivity contribution >= 4 is 12.1 Å². The molecule has 0 atom stereocenters. The highest BCUT2D eigenvalue weighted by Gasteiger charge is 2.20. The average Bonchev–Trinajstić information content (AvgIpc) is 2.28. The SMILES string of the molecule is CN(Cc1ccccc1CC(=O)O)C(=O)OC(C)(C)C. The Bertz CT molecular complexity index is 491. The smallest absolute Gasteiger partial charge is 0.410 e. The quantitative estimate of drug-likeness (QED) is 0.920. The fraction of sp³-hybridized carbons (Fsp3) is 0.467. The number of ether oxygens (including phenoxy) is 1. The third-order valence-electron chi connectivity index (χ3n) is 2.57. The van der Waals surface area contributed by atoms with E-state index in [9.17, 15) is 9.59 Å². The van der Waals surface area contributed by atoms with E-state index in [1.54, 1.807) is 40.0 Å². The number of carboxylic acids is 1. The lowest BCUT2D eigenvalue weighted by Gasteiger charge is -2.25. The molecule has 5 heteroatoms. The highest BCUT2D eigenvalue weighted by molar-refractivity contribution is 5.71. The molecular formula is C15H21NO4. The van der Waals surface area contributed by atoms with Crippen LogP contribution in [0.15, 0.2) is 24.3 Å².